The van der Waals surface area contributed by atoms with Crippen molar-refractivity contribution in [2.24, 2.45) is 4.99 Å². The van der Waals surface area contributed by atoms with Gasteiger partial charge >= 0.3 is 0 Å². The van der Waals surface area contributed by atoms with E-state index in [1.165, 1.54) is 30.2 Å². The van der Waals surface area contributed by atoms with Gasteiger partial charge in [-0.1, -0.05) is 29.5 Å². The van der Waals surface area contributed by atoms with Crippen molar-refractivity contribution in [2.45, 2.75) is 57.6 Å². The Bertz CT molecular complexity index is 1200. The van der Waals surface area contributed by atoms with Crippen molar-refractivity contribution in [3.63, 3.8) is 0 Å². The first-order valence-corrected chi connectivity index (χ1v) is 13.6. The number of carbonyl (C=O) groups excluding carboxylic acids is 2. The zero-order valence-electron chi connectivity index (χ0n) is 22.0. The van der Waals surface area contributed by atoms with Gasteiger partial charge in [-0.3, -0.25) is 14.5 Å². The summed E-state index contributed by atoms with van der Waals surface area (Å²) in [4.78, 5) is 33.1. The smallest absolute Gasteiger partial charge is 0.242 e. The number of carbonyl (C=O) groups is 2. The Balaban J connectivity index is 1.52. The maximum atomic E-state index is 13.5. The maximum Gasteiger partial charge on any atom is 0.242 e. The van der Waals surface area contributed by atoms with Crippen LogP contribution in [0.1, 0.15) is 49.7 Å². The van der Waals surface area contributed by atoms with E-state index in [9.17, 15) is 9.59 Å². The molecule has 1 unspecified atom stereocenters. The summed E-state index contributed by atoms with van der Waals surface area (Å²) in [6.07, 6.45) is 7.81. The highest BCUT2D eigenvalue weighted by Crippen LogP contribution is 2.34. The Morgan fingerprint density at radius 2 is 1.89 bits per heavy atom. The maximum absolute atomic E-state index is 13.5. The number of methoxy groups -OCH3 is 2. The Morgan fingerprint density at radius 1 is 1.11 bits per heavy atom. The number of aryl methyl sites for hydroxylation is 2. The number of hydrogen-bond acceptors (Lipinski definition) is 6. The van der Waals surface area contributed by atoms with Crippen molar-refractivity contribution in [2.75, 3.05) is 26.1 Å². The number of ether oxygens (including phenoxy) is 2. The van der Waals surface area contributed by atoms with Gasteiger partial charge in [0.25, 0.3) is 0 Å². The van der Waals surface area contributed by atoms with Crippen molar-refractivity contribution in [3.05, 3.63) is 59.2 Å². The van der Waals surface area contributed by atoms with Crippen LogP contribution in [0, 0.1) is 13.8 Å². The van der Waals surface area contributed by atoms with Gasteiger partial charge in [-0.05, 0) is 81.3 Å². The second-order valence-corrected chi connectivity index (χ2v) is 10.7. The van der Waals surface area contributed by atoms with Gasteiger partial charge in [0.15, 0.2) is 5.17 Å². The van der Waals surface area contributed by atoms with Crippen molar-refractivity contribution in [1.29, 1.82) is 0 Å². The number of hydrogen-bond donors (Lipinski definition) is 1. The molecule has 0 bridgehead atoms. The van der Waals surface area contributed by atoms with Crippen LogP contribution in [0.25, 0.3) is 0 Å². The Morgan fingerprint density at radius 3 is 2.57 bits per heavy atom. The number of nitrogens with zero attached hydrogens (tertiary/aromatic N) is 2. The van der Waals surface area contributed by atoms with Gasteiger partial charge in [0.05, 0.1) is 25.6 Å². The molecule has 1 aliphatic heterocycles. The molecule has 0 spiro atoms. The molecule has 2 aromatic rings. The second kappa shape index (κ2) is 12.3. The van der Waals surface area contributed by atoms with Gasteiger partial charge in [-0.2, -0.15) is 0 Å². The normalized spacial score (nSPS) is 18.6. The molecular weight excluding hydrogens is 486 g/mol. The largest absolute Gasteiger partial charge is 0.497 e. The van der Waals surface area contributed by atoms with Crippen LogP contribution in [0.2, 0.25) is 0 Å². The predicted octanol–water partition coefficient (Wildman–Crippen LogP) is 6.17. The number of amides is 2. The summed E-state index contributed by atoms with van der Waals surface area (Å²) >= 11 is 1.37. The SMILES string of the molecule is COc1ccc(OC)c(NC(=O)CC2SC(=Nc3cc(C)cc(C)c3)N(CCC3=CCCCC3)C2=O)c1. The summed E-state index contributed by atoms with van der Waals surface area (Å²) in [5, 5.41) is 3.00. The number of allylic oxidation sites excluding steroid dienone is 1. The minimum atomic E-state index is -0.540. The van der Waals surface area contributed by atoms with Gasteiger partial charge in [0, 0.05) is 19.0 Å². The molecule has 2 aromatic carbocycles. The third-order valence-corrected chi connectivity index (χ3v) is 7.72. The number of anilines is 1. The van der Waals surface area contributed by atoms with E-state index in [1.807, 2.05) is 26.0 Å². The first-order valence-electron chi connectivity index (χ1n) is 12.7. The minimum absolute atomic E-state index is 0.0366. The lowest BCUT2D eigenvalue weighted by molar-refractivity contribution is -0.128. The van der Waals surface area contributed by atoms with Crippen molar-refractivity contribution in [3.8, 4) is 11.5 Å². The summed E-state index contributed by atoms with van der Waals surface area (Å²) < 4.78 is 10.6. The number of thioether (sulfide) groups is 1. The first-order chi connectivity index (χ1) is 17.9. The molecule has 1 heterocycles. The summed E-state index contributed by atoms with van der Waals surface area (Å²) in [6.45, 7) is 4.65. The molecule has 4 rings (SSSR count). The summed E-state index contributed by atoms with van der Waals surface area (Å²) in [5.41, 5.74) is 4.97. The second-order valence-electron chi connectivity index (χ2n) is 9.51. The molecule has 0 aromatic heterocycles. The zero-order valence-corrected chi connectivity index (χ0v) is 22.8. The third kappa shape index (κ3) is 6.95. The summed E-state index contributed by atoms with van der Waals surface area (Å²) in [5.74, 6) is 0.796. The van der Waals surface area contributed by atoms with Crippen LogP contribution in [0.5, 0.6) is 11.5 Å². The lowest BCUT2D eigenvalue weighted by Gasteiger charge is -2.19. The van der Waals surface area contributed by atoms with Crippen LogP contribution in [-0.4, -0.2) is 47.9 Å². The topological polar surface area (TPSA) is 80.2 Å². The Kier molecular flexibility index (Phi) is 8.92. The number of rotatable bonds is 9. The fourth-order valence-corrected chi connectivity index (χ4v) is 5.91. The predicted molar refractivity (Wildman–Crippen MR) is 150 cm³/mol. The highest BCUT2D eigenvalue weighted by Gasteiger charge is 2.39. The molecule has 8 heteroatoms. The summed E-state index contributed by atoms with van der Waals surface area (Å²) in [7, 11) is 3.11. The van der Waals surface area contributed by atoms with E-state index in [4.69, 9.17) is 14.5 Å². The van der Waals surface area contributed by atoms with Crippen LogP contribution in [0.15, 0.2) is 53.0 Å². The highest BCUT2D eigenvalue weighted by molar-refractivity contribution is 8.15. The standard InChI is InChI=1S/C29H35N3O4S/c1-19-14-20(2)16-22(15-19)30-29-32(13-12-21-8-6-5-7-9-21)28(34)26(37-29)18-27(33)31-24-17-23(35-3)10-11-25(24)36-4/h8,10-11,14-17,26H,5-7,9,12-13,18H2,1-4H3,(H,31,33). The van der Waals surface area contributed by atoms with Gasteiger partial charge in [-0.15, -0.1) is 0 Å². The number of nitrogens with one attached hydrogen (secondary N) is 1. The molecule has 1 atom stereocenters. The van der Waals surface area contributed by atoms with E-state index in [2.05, 4.69) is 17.5 Å². The van der Waals surface area contributed by atoms with Crippen LogP contribution in [0.3, 0.4) is 0 Å². The fraction of sp³-hybridized carbons (Fsp3) is 0.414. The van der Waals surface area contributed by atoms with Crippen LogP contribution in [-0.2, 0) is 9.59 Å². The molecule has 1 aliphatic carbocycles. The molecule has 7 nitrogen and oxygen atoms in total. The van der Waals surface area contributed by atoms with E-state index in [1.54, 1.807) is 37.3 Å². The molecule has 0 radical (unpaired) electrons. The molecule has 1 saturated heterocycles. The van der Waals surface area contributed by atoms with Crippen molar-refractivity contribution in [1.82, 2.24) is 4.90 Å². The average Bonchev–Trinajstić information content (AvgIpc) is 3.15. The number of amidine groups is 1. The lowest BCUT2D eigenvalue weighted by atomic mass is 9.97. The quantitative estimate of drug-likeness (QED) is 0.399. The van der Waals surface area contributed by atoms with Crippen molar-refractivity contribution >= 4 is 40.1 Å². The molecule has 37 heavy (non-hydrogen) atoms. The van der Waals surface area contributed by atoms with Gasteiger partial charge in [0.1, 0.15) is 16.7 Å². The van der Waals surface area contributed by atoms with Crippen molar-refractivity contribution < 1.29 is 19.1 Å². The van der Waals surface area contributed by atoms with Crippen LogP contribution in [0.4, 0.5) is 11.4 Å². The molecular formula is C29H35N3O4S. The van der Waals surface area contributed by atoms with E-state index in [0.717, 1.165) is 36.1 Å². The van der Waals surface area contributed by atoms with E-state index in [-0.39, 0.29) is 18.2 Å². The van der Waals surface area contributed by atoms with Gasteiger partial charge in [0.2, 0.25) is 11.8 Å². The number of benzene rings is 2. The highest BCUT2D eigenvalue weighted by atomic mass is 32.2. The molecule has 2 amide bonds. The lowest BCUT2D eigenvalue weighted by Crippen LogP contribution is -2.34. The molecule has 1 fully saturated rings. The fourth-order valence-electron chi connectivity index (χ4n) is 4.72. The monoisotopic (exact) mass is 521 g/mol. The minimum Gasteiger partial charge on any atom is -0.497 e. The Hall–Kier alpha value is -3.26. The molecule has 0 saturated carbocycles. The van der Waals surface area contributed by atoms with E-state index in [0.29, 0.717) is 28.9 Å². The molecule has 1 N–H and O–H groups in total. The van der Waals surface area contributed by atoms with E-state index >= 15 is 0 Å². The van der Waals surface area contributed by atoms with E-state index < -0.39 is 5.25 Å². The first kappa shape index (κ1) is 26.8. The average molecular weight is 522 g/mol. The van der Waals surface area contributed by atoms with Gasteiger partial charge < -0.3 is 14.8 Å². The summed E-state index contributed by atoms with van der Waals surface area (Å²) in [6, 6.07) is 11.3. The van der Waals surface area contributed by atoms with Crippen LogP contribution < -0.4 is 14.8 Å². The number of aliphatic imine (C=N–C) groups is 1. The van der Waals surface area contributed by atoms with Crippen LogP contribution >= 0.6 is 11.8 Å². The zero-order chi connectivity index (χ0) is 26.4. The van der Waals surface area contributed by atoms with Gasteiger partial charge in [-0.25, -0.2) is 4.99 Å². The molecule has 2 aliphatic rings. The molecule has 196 valence electrons. The Labute approximate surface area is 223 Å². The third-order valence-electron chi connectivity index (χ3n) is 6.54.